The Morgan fingerprint density at radius 1 is 1.43 bits per heavy atom. The van der Waals surface area contributed by atoms with Crippen LogP contribution in [0.5, 0.6) is 0 Å². The zero-order valence-electron chi connectivity index (χ0n) is 11.1. The molecule has 0 aliphatic heterocycles. The van der Waals surface area contributed by atoms with Crippen molar-refractivity contribution in [1.29, 1.82) is 5.41 Å². The minimum atomic E-state index is -4.45. The number of nitrogens with one attached hydrogen (secondary N) is 1. The number of aromatic nitrogens is 2. The van der Waals surface area contributed by atoms with Crippen LogP contribution in [0.4, 0.5) is 13.2 Å². The van der Waals surface area contributed by atoms with Crippen LogP contribution in [0.1, 0.15) is 18.1 Å². The zero-order chi connectivity index (χ0) is 15.6. The quantitative estimate of drug-likeness (QED) is 0.517. The summed E-state index contributed by atoms with van der Waals surface area (Å²) in [6.45, 7) is 1.94. The molecular weight excluding hydrogens is 301 g/mol. The second kappa shape index (κ2) is 5.80. The van der Waals surface area contributed by atoms with Crippen LogP contribution in [-0.2, 0) is 6.18 Å². The summed E-state index contributed by atoms with van der Waals surface area (Å²) in [5.41, 5.74) is 5.49. The number of hydrogen-bond acceptors (Lipinski definition) is 3. The first-order chi connectivity index (χ1) is 9.84. The molecule has 8 heteroatoms. The number of thioether (sulfide) groups is 1. The normalized spacial score (nSPS) is 11.6. The molecule has 21 heavy (non-hydrogen) atoms. The van der Waals surface area contributed by atoms with E-state index in [4.69, 9.17) is 11.1 Å². The molecule has 0 aliphatic rings. The molecule has 3 N–H and O–H groups in total. The van der Waals surface area contributed by atoms with Crippen LogP contribution in [0.15, 0.2) is 35.5 Å². The summed E-state index contributed by atoms with van der Waals surface area (Å²) < 4.78 is 39.1. The van der Waals surface area contributed by atoms with E-state index in [1.54, 1.807) is 18.2 Å². The van der Waals surface area contributed by atoms with E-state index in [0.29, 0.717) is 11.3 Å². The Kier molecular flexibility index (Phi) is 4.26. The first kappa shape index (κ1) is 15.4. The van der Waals surface area contributed by atoms with Crippen molar-refractivity contribution in [3.05, 3.63) is 41.7 Å². The lowest BCUT2D eigenvalue weighted by Crippen LogP contribution is -2.16. The number of halogens is 3. The van der Waals surface area contributed by atoms with Gasteiger partial charge in [-0.3, -0.25) is 5.41 Å². The van der Waals surface area contributed by atoms with Gasteiger partial charge in [0.25, 0.3) is 0 Å². The third-order valence-electron chi connectivity index (χ3n) is 2.73. The summed E-state index contributed by atoms with van der Waals surface area (Å²) in [4.78, 5) is 0.742. The summed E-state index contributed by atoms with van der Waals surface area (Å²) in [5, 5.41) is 11.4. The molecule has 1 aromatic carbocycles. The third-order valence-corrected chi connectivity index (χ3v) is 3.67. The van der Waals surface area contributed by atoms with E-state index in [9.17, 15) is 13.2 Å². The summed E-state index contributed by atoms with van der Waals surface area (Å²) in [7, 11) is 0. The van der Waals surface area contributed by atoms with Gasteiger partial charge in [0.05, 0.1) is 23.0 Å². The second-order valence-electron chi connectivity index (χ2n) is 4.17. The van der Waals surface area contributed by atoms with Gasteiger partial charge in [-0.05, 0) is 17.9 Å². The van der Waals surface area contributed by atoms with Crippen molar-refractivity contribution in [3.8, 4) is 5.69 Å². The van der Waals surface area contributed by atoms with Gasteiger partial charge in [0.15, 0.2) is 0 Å². The van der Waals surface area contributed by atoms with Gasteiger partial charge in [0, 0.05) is 11.1 Å². The van der Waals surface area contributed by atoms with Gasteiger partial charge in [-0.1, -0.05) is 13.0 Å². The molecule has 0 unspecified atom stereocenters. The maximum Gasteiger partial charge on any atom is 0.419 e. The molecule has 4 nitrogen and oxygen atoms in total. The van der Waals surface area contributed by atoms with Gasteiger partial charge in [-0.25, -0.2) is 4.68 Å². The SMILES string of the molecule is CCSc1cccc(-n2cc(C(F)(F)F)cn2)c1C(=N)N. The number of hydrogen-bond donors (Lipinski definition) is 2. The summed E-state index contributed by atoms with van der Waals surface area (Å²) in [6, 6.07) is 5.07. The molecule has 1 aromatic heterocycles. The Morgan fingerprint density at radius 2 is 2.14 bits per heavy atom. The minimum absolute atomic E-state index is 0.203. The van der Waals surface area contributed by atoms with Gasteiger partial charge >= 0.3 is 6.18 Å². The second-order valence-corrected chi connectivity index (χ2v) is 5.47. The molecule has 0 amide bonds. The average molecular weight is 314 g/mol. The molecule has 0 saturated heterocycles. The summed E-state index contributed by atoms with van der Waals surface area (Å²) in [6.07, 6.45) is -2.81. The highest BCUT2D eigenvalue weighted by atomic mass is 32.2. The number of benzene rings is 1. The van der Waals surface area contributed by atoms with Crippen molar-refractivity contribution in [2.45, 2.75) is 18.0 Å². The number of nitrogen functional groups attached to an aromatic ring is 1. The van der Waals surface area contributed by atoms with Crippen molar-refractivity contribution >= 4 is 17.6 Å². The van der Waals surface area contributed by atoms with Crippen LogP contribution < -0.4 is 5.73 Å². The van der Waals surface area contributed by atoms with Gasteiger partial charge in [0.2, 0.25) is 0 Å². The monoisotopic (exact) mass is 314 g/mol. The zero-order valence-corrected chi connectivity index (χ0v) is 11.9. The highest BCUT2D eigenvalue weighted by Crippen LogP contribution is 2.31. The molecule has 0 atom stereocenters. The van der Waals surface area contributed by atoms with E-state index >= 15 is 0 Å². The van der Waals surface area contributed by atoms with Crippen molar-refractivity contribution < 1.29 is 13.2 Å². The maximum absolute atomic E-state index is 12.7. The van der Waals surface area contributed by atoms with Crippen LogP contribution in [0.25, 0.3) is 5.69 Å². The van der Waals surface area contributed by atoms with Gasteiger partial charge < -0.3 is 5.73 Å². The van der Waals surface area contributed by atoms with Crippen LogP contribution in [0.3, 0.4) is 0 Å². The maximum atomic E-state index is 12.7. The molecule has 0 bridgehead atoms. The number of nitrogens with two attached hydrogens (primary N) is 1. The molecule has 112 valence electrons. The van der Waals surface area contributed by atoms with Gasteiger partial charge in [-0.15, -0.1) is 11.8 Å². The average Bonchev–Trinajstić information content (AvgIpc) is 2.87. The fourth-order valence-corrected chi connectivity index (χ4v) is 2.70. The largest absolute Gasteiger partial charge is 0.419 e. The fraction of sp³-hybridized carbons (Fsp3) is 0.231. The summed E-state index contributed by atoms with van der Waals surface area (Å²) >= 11 is 1.47. The molecule has 2 aromatic rings. The Labute approximate surface area is 123 Å². The minimum Gasteiger partial charge on any atom is -0.384 e. The summed E-state index contributed by atoms with van der Waals surface area (Å²) in [5.74, 6) is 0.557. The Bertz CT molecular complexity index is 664. The van der Waals surface area contributed by atoms with Crippen LogP contribution in [-0.4, -0.2) is 21.4 Å². The molecule has 1 heterocycles. The van der Waals surface area contributed by atoms with E-state index in [0.717, 1.165) is 27.7 Å². The highest BCUT2D eigenvalue weighted by molar-refractivity contribution is 7.99. The topological polar surface area (TPSA) is 67.7 Å². The van der Waals surface area contributed by atoms with E-state index in [1.807, 2.05) is 6.92 Å². The lowest BCUT2D eigenvalue weighted by atomic mass is 10.1. The predicted molar refractivity (Wildman–Crippen MR) is 76.0 cm³/mol. The molecule has 0 saturated carbocycles. The van der Waals surface area contributed by atoms with Gasteiger partial charge in [0.1, 0.15) is 5.84 Å². The first-order valence-corrected chi connectivity index (χ1v) is 7.05. The first-order valence-electron chi connectivity index (χ1n) is 6.07. The number of rotatable bonds is 4. The lowest BCUT2D eigenvalue weighted by molar-refractivity contribution is -0.137. The molecule has 0 spiro atoms. The smallest absolute Gasteiger partial charge is 0.384 e. The third kappa shape index (κ3) is 3.21. The van der Waals surface area contributed by atoms with Crippen molar-refractivity contribution in [3.63, 3.8) is 0 Å². The van der Waals surface area contributed by atoms with Crippen LogP contribution >= 0.6 is 11.8 Å². The number of amidine groups is 1. The standard InChI is InChI=1S/C13H13F3N4S/c1-2-21-10-5-3-4-9(11(10)12(17)18)20-7-8(6-19-20)13(14,15)16/h3-7H,2H2,1H3,(H3,17,18). The number of alkyl halides is 3. The van der Waals surface area contributed by atoms with Crippen molar-refractivity contribution in [2.24, 2.45) is 5.73 Å². The highest BCUT2D eigenvalue weighted by Gasteiger charge is 2.32. The Morgan fingerprint density at radius 3 is 2.67 bits per heavy atom. The van der Waals surface area contributed by atoms with Gasteiger partial charge in [-0.2, -0.15) is 18.3 Å². The van der Waals surface area contributed by atoms with E-state index in [2.05, 4.69) is 5.10 Å². The lowest BCUT2D eigenvalue weighted by Gasteiger charge is -2.12. The Hall–Kier alpha value is -1.96. The van der Waals surface area contributed by atoms with E-state index in [1.165, 1.54) is 11.8 Å². The number of nitrogens with zero attached hydrogens (tertiary/aromatic N) is 2. The molecular formula is C13H13F3N4S. The molecule has 0 fully saturated rings. The van der Waals surface area contributed by atoms with Crippen molar-refractivity contribution in [1.82, 2.24) is 9.78 Å². The molecule has 2 rings (SSSR count). The van der Waals surface area contributed by atoms with E-state index < -0.39 is 11.7 Å². The van der Waals surface area contributed by atoms with Crippen LogP contribution in [0.2, 0.25) is 0 Å². The predicted octanol–water partition coefficient (Wildman–Crippen LogP) is 3.29. The van der Waals surface area contributed by atoms with Crippen LogP contribution in [0, 0.1) is 5.41 Å². The van der Waals surface area contributed by atoms with Crippen molar-refractivity contribution in [2.75, 3.05) is 5.75 Å². The van der Waals surface area contributed by atoms with E-state index in [-0.39, 0.29) is 5.84 Å². The molecule has 0 aliphatic carbocycles. The molecule has 0 radical (unpaired) electrons. The fourth-order valence-electron chi connectivity index (χ4n) is 1.86. The Balaban J connectivity index is 2.56.